The number of aryl methyl sites for hydroxylation is 3. The van der Waals surface area contributed by atoms with Gasteiger partial charge in [-0.05, 0) is 72.7 Å². The molecule has 1 aromatic carbocycles. The summed E-state index contributed by atoms with van der Waals surface area (Å²) in [7, 11) is 0. The zero-order valence-electron chi connectivity index (χ0n) is 12.7. The Labute approximate surface area is 117 Å². The number of hydrogen-bond acceptors (Lipinski definition) is 1. The molecule has 1 atom stereocenters. The van der Waals surface area contributed by atoms with Crippen LogP contribution in [-0.2, 0) is 19.3 Å². The van der Waals surface area contributed by atoms with Crippen LogP contribution in [0.2, 0.25) is 0 Å². The fourth-order valence-corrected chi connectivity index (χ4v) is 3.90. The average molecular weight is 257 g/mol. The van der Waals surface area contributed by atoms with Crippen LogP contribution in [0.15, 0.2) is 12.1 Å². The molecule has 1 aromatic rings. The molecule has 0 fully saturated rings. The van der Waals surface area contributed by atoms with Crippen LogP contribution in [0.1, 0.15) is 68.3 Å². The smallest absolute Gasteiger partial charge is 0.0328 e. The molecule has 0 amide bonds. The predicted octanol–water partition coefficient (Wildman–Crippen LogP) is 4.19. The first kappa shape index (κ1) is 13.2. The van der Waals surface area contributed by atoms with Crippen molar-refractivity contribution in [2.45, 2.75) is 65.3 Å². The van der Waals surface area contributed by atoms with Crippen LogP contribution in [0.4, 0.5) is 0 Å². The maximum Gasteiger partial charge on any atom is 0.0328 e. The van der Waals surface area contributed by atoms with Crippen LogP contribution in [0.3, 0.4) is 0 Å². The molecule has 3 rings (SSSR count). The molecular formula is C18H27N. The largest absolute Gasteiger partial charge is 0.310 e. The van der Waals surface area contributed by atoms with Gasteiger partial charge in [-0.25, -0.2) is 0 Å². The van der Waals surface area contributed by atoms with E-state index in [2.05, 4.69) is 38.2 Å². The van der Waals surface area contributed by atoms with Crippen molar-refractivity contribution in [3.05, 3.63) is 34.4 Å². The molecular weight excluding hydrogens is 230 g/mol. The Balaban J connectivity index is 2.01. The molecule has 104 valence electrons. The van der Waals surface area contributed by atoms with E-state index in [1.165, 1.54) is 38.5 Å². The number of nitrogens with one attached hydrogen (secondary N) is 1. The molecule has 0 saturated heterocycles. The molecule has 0 radical (unpaired) electrons. The highest BCUT2D eigenvalue weighted by atomic mass is 14.9. The van der Waals surface area contributed by atoms with E-state index in [9.17, 15) is 0 Å². The van der Waals surface area contributed by atoms with Crippen LogP contribution in [0.5, 0.6) is 0 Å². The van der Waals surface area contributed by atoms with E-state index in [-0.39, 0.29) is 0 Å². The summed E-state index contributed by atoms with van der Waals surface area (Å²) < 4.78 is 0. The van der Waals surface area contributed by atoms with Gasteiger partial charge in [0.2, 0.25) is 0 Å². The standard InChI is InChI=1S/C18H27N/c1-4-19-17-12-18(2,3)9-8-15-10-13-6-5-7-14(13)11-16(15)17/h10-11,17,19H,4-9,12H2,1-3H3. The summed E-state index contributed by atoms with van der Waals surface area (Å²) in [5, 5.41) is 3.73. The molecule has 2 aliphatic rings. The molecule has 0 aliphatic heterocycles. The van der Waals surface area contributed by atoms with Crippen LogP contribution in [0, 0.1) is 5.41 Å². The highest BCUT2D eigenvalue weighted by Crippen LogP contribution is 2.41. The zero-order chi connectivity index (χ0) is 13.5. The SMILES string of the molecule is CCNC1CC(C)(C)CCc2cc3c(cc21)CCC3. The minimum atomic E-state index is 0.455. The van der Waals surface area contributed by atoms with Crippen molar-refractivity contribution < 1.29 is 0 Å². The van der Waals surface area contributed by atoms with E-state index in [0.717, 1.165) is 6.54 Å². The lowest BCUT2D eigenvalue weighted by molar-refractivity contribution is 0.275. The molecule has 2 aliphatic carbocycles. The van der Waals surface area contributed by atoms with Crippen LogP contribution >= 0.6 is 0 Å². The van der Waals surface area contributed by atoms with Crippen molar-refractivity contribution in [2.24, 2.45) is 5.41 Å². The van der Waals surface area contributed by atoms with E-state index in [0.29, 0.717) is 11.5 Å². The minimum Gasteiger partial charge on any atom is -0.310 e. The van der Waals surface area contributed by atoms with Crippen LogP contribution < -0.4 is 5.32 Å². The first-order chi connectivity index (χ1) is 9.09. The van der Waals surface area contributed by atoms with Crippen LogP contribution in [0.25, 0.3) is 0 Å². The Hall–Kier alpha value is -0.820. The molecule has 0 heterocycles. The Kier molecular flexibility index (Phi) is 3.42. The van der Waals surface area contributed by atoms with Crippen molar-refractivity contribution in [3.63, 3.8) is 0 Å². The Morgan fingerprint density at radius 2 is 1.84 bits per heavy atom. The van der Waals surface area contributed by atoms with Crippen molar-refractivity contribution in [3.8, 4) is 0 Å². The third-order valence-electron chi connectivity index (χ3n) is 5.01. The normalized spacial score (nSPS) is 24.7. The van der Waals surface area contributed by atoms with E-state index in [1.807, 2.05) is 0 Å². The molecule has 0 spiro atoms. The predicted molar refractivity (Wildman–Crippen MR) is 81.6 cm³/mol. The molecule has 1 unspecified atom stereocenters. The lowest BCUT2D eigenvalue weighted by Crippen LogP contribution is -2.25. The highest BCUT2D eigenvalue weighted by molar-refractivity contribution is 5.43. The van der Waals surface area contributed by atoms with Gasteiger partial charge >= 0.3 is 0 Å². The van der Waals surface area contributed by atoms with Crippen molar-refractivity contribution in [1.82, 2.24) is 5.32 Å². The summed E-state index contributed by atoms with van der Waals surface area (Å²) in [6.07, 6.45) is 7.81. The van der Waals surface area contributed by atoms with Crippen molar-refractivity contribution >= 4 is 0 Å². The molecule has 19 heavy (non-hydrogen) atoms. The Bertz CT molecular complexity index is 473. The third kappa shape index (κ3) is 2.58. The second-order valence-corrected chi connectivity index (χ2v) is 7.15. The van der Waals surface area contributed by atoms with E-state index >= 15 is 0 Å². The summed E-state index contributed by atoms with van der Waals surface area (Å²) in [6.45, 7) is 8.15. The van der Waals surface area contributed by atoms with Gasteiger partial charge in [-0.1, -0.05) is 32.9 Å². The van der Waals surface area contributed by atoms with E-state index in [4.69, 9.17) is 0 Å². The Morgan fingerprint density at radius 1 is 1.11 bits per heavy atom. The number of hydrogen-bond donors (Lipinski definition) is 1. The first-order valence-electron chi connectivity index (χ1n) is 7.97. The number of rotatable bonds is 2. The summed E-state index contributed by atoms with van der Waals surface area (Å²) in [4.78, 5) is 0. The summed E-state index contributed by atoms with van der Waals surface area (Å²) in [5.74, 6) is 0. The van der Waals surface area contributed by atoms with Crippen LogP contribution in [-0.4, -0.2) is 6.54 Å². The van der Waals surface area contributed by atoms with Gasteiger partial charge in [0.15, 0.2) is 0 Å². The van der Waals surface area contributed by atoms with Gasteiger partial charge in [0.1, 0.15) is 0 Å². The Morgan fingerprint density at radius 3 is 2.58 bits per heavy atom. The third-order valence-corrected chi connectivity index (χ3v) is 5.01. The molecule has 0 aromatic heterocycles. The van der Waals surface area contributed by atoms with Gasteiger partial charge in [0.25, 0.3) is 0 Å². The summed E-state index contributed by atoms with van der Waals surface area (Å²) in [5.41, 5.74) is 6.94. The second kappa shape index (κ2) is 4.94. The average Bonchev–Trinajstić information content (AvgIpc) is 2.77. The van der Waals surface area contributed by atoms with Gasteiger partial charge in [-0.3, -0.25) is 0 Å². The van der Waals surface area contributed by atoms with E-state index in [1.54, 1.807) is 22.3 Å². The summed E-state index contributed by atoms with van der Waals surface area (Å²) >= 11 is 0. The number of benzene rings is 1. The molecule has 1 heteroatoms. The topological polar surface area (TPSA) is 12.0 Å². The number of fused-ring (bicyclic) bond motifs is 2. The van der Waals surface area contributed by atoms with Crippen molar-refractivity contribution in [2.75, 3.05) is 6.54 Å². The molecule has 0 bridgehead atoms. The van der Waals surface area contributed by atoms with E-state index < -0.39 is 0 Å². The van der Waals surface area contributed by atoms with Gasteiger partial charge in [0.05, 0.1) is 0 Å². The minimum absolute atomic E-state index is 0.455. The molecule has 0 saturated carbocycles. The maximum absolute atomic E-state index is 3.73. The monoisotopic (exact) mass is 257 g/mol. The fraction of sp³-hybridized carbons (Fsp3) is 0.667. The lowest BCUT2D eigenvalue weighted by Gasteiger charge is -2.27. The molecule has 1 nitrogen and oxygen atoms in total. The zero-order valence-corrected chi connectivity index (χ0v) is 12.7. The quantitative estimate of drug-likeness (QED) is 0.783. The van der Waals surface area contributed by atoms with Gasteiger partial charge < -0.3 is 5.32 Å². The maximum atomic E-state index is 3.73. The lowest BCUT2D eigenvalue weighted by atomic mass is 9.83. The first-order valence-corrected chi connectivity index (χ1v) is 7.97. The fourth-order valence-electron chi connectivity index (χ4n) is 3.90. The van der Waals surface area contributed by atoms with Gasteiger partial charge in [-0.2, -0.15) is 0 Å². The highest BCUT2D eigenvalue weighted by Gasteiger charge is 2.30. The van der Waals surface area contributed by atoms with Crippen molar-refractivity contribution in [1.29, 1.82) is 0 Å². The molecule has 1 N–H and O–H groups in total. The summed E-state index contributed by atoms with van der Waals surface area (Å²) in [6, 6.07) is 5.62. The van der Waals surface area contributed by atoms with Gasteiger partial charge in [-0.15, -0.1) is 0 Å². The van der Waals surface area contributed by atoms with Gasteiger partial charge in [0, 0.05) is 6.04 Å². The second-order valence-electron chi connectivity index (χ2n) is 7.15.